The van der Waals surface area contributed by atoms with Crippen molar-refractivity contribution in [3.63, 3.8) is 0 Å². The molecule has 1 fully saturated rings. The van der Waals surface area contributed by atoms with Gasteiger partial charge in [0.05, 0.1) is 21.5 Å². The molecule has 5 heteroatoms. The lowest BCUT2D eigenvalue weighted by atomic mass is 10.0. The van der Waals surface area contributed by atoms with Crippen molar-refractivity contribution in [3.8, 4) is 0 Å². The molecule has 0 saturated carbocycles. The van der Waals surface area contributed by atoms with Crippen LogP contribution >= 0.6 is 31.9 Å². The van der Waals surface area contributed by atoms with E-state index in [1.54, 1.807) is 0 Å². The lowest BCUT2D eigenvalue weighted by molar-refractivity contribution is 0.0551. The zero-order chi connectivity index (χ0) is 12.6. The predicted octanol–water partition coefficient (Wildman–Crippen LogP) is 4.73. The van der Waals surface area contributed by atoms with Gasteiger partial charge in [-0.3, -0.25) is 0 Å². The van der Waals surface area contributed by atoms with E-state index in [2.05, 4.69) is 31.9 Å². The van der Waals surface area contributed by atoms with E-state index in [9.17, 15) is 8.78 Å². The number of hydrogen-bond donors (Lipinski definition) is 0. The molecule has 17 heavy (non-hydrogen) atoms. The van der Waals surface area contributed by atoms with Crippen molar-refractivity contribution in [2.24, 2.45) is 0 Å². The summed E-state index contributed by atoms with van der Waals surface area (Å²) in [5.74, 6) is -0.889. The second-order valence-electron chi connectivity index (χ2n) is 4.25. The molecular weight excluding hydrogens is 358 g/mol. The first-order valence-electron chi connectivity index (χ1n) is 5.43. The number of alkyl halides is 1. The van der Waals surface area contributed by atoms with Crippen molar-refractivity contribution in [1.82, 2.24) is 0 Å². The van der Waals surface area contributed by atoms with E-state index in [0.717, 1.165) is 18.9 Å². The summed E-state index contributed by atoms with van der Waals surface area (Å²) in [4.78, 5) is -0.310. The second kappa shape index (κ2) is 5.33. The second-order valence-corrected chi connectivity index (χ2v) is 6.09. The van der Waals surface area contributed by atoms with Gasteiger partial charge in [0, 0.05) is 5.56 Å². The van der Waals surface area contributed by atoms with E-state index in [1.165, 1.54) is 6.07 Å². The molecule has 1 aromatic carbocycles. The number of benzene rings is 1. The summed E-state index contributed by atoms with van der Waals surface area (Å²) < 4.78 is 33.0. The van der Waals surface area contributed by atoms with Crippen molar-refractivity contribution in [3.05, 3.63) is 33.8 Å². The molecule has 0 N–H and O–H groups in total. The van der Waals surface area contributed by atoms with Gasteiger partial charge in [-0.1, -0.05) is 15.9 Å². The summed E-state index contributed by atoms with van der Waals surface area (Å²) in [6, 6.07) is 2.36. The molecule has 3 unspecified atom stereocenters. The number of ether oxygens (including phenoxy) is 1. The number of hydrogen-bond acceptors (Lipinski definition) is 1. The standard InChI is InChI=1S/C12H12Br2F2O/c1-6-2-3-11(17-6)12(14)7-4-10(16)8(13)5-9(7)15/h4-6,11-12H,2-3H2,1H3. The highest BCUT2D eigenvalue weighted by molar-refractivity contribution is 9.10. The molecule has 3 atom stereocenters. The van der Waals surface area contributed by atoms with Crippen LogP contribution in [0.4, 0.5) is 8.78 Å². The van der Waals surface area contributed by atoms with Crippen molar-refractivity contribution in [2.45, 2.75) is 36.8 Å². The maximum Gasteiger partial charge on any atom is 0.137 e. The van der Waals surface area contributed by atoms with E-state index < -0.39 is 11.6 Å². The molecule has 1 nitrogen and oxygen atoms in total. The minimum absolute atomic E-state index is 0.0972. The first-order valence-corrected chi connectivity index (χ1v) is 7.14. The average molecular weight is 370 g/mol. The summed E-state index contributed by atoms with van der Waals surface area (Å²) in [5.41, 5.74) is 0.310. The minimum Gasteiger partial charge on any atom is -0.374 e. The quantitative estimate of drug-likeness (QED) is 0.540. The third-order valence-corrected chi connectivity index (χ3v) is 4.62. The fraction of sp³-hybridized carbons (Fsp3) is 0.500. The smallest absolute Gasteiger partial charge is 0.137 e. The van der Waals surface area contributed by atoms with Gasteiger partial charge in [0.1, 0.15) is 11.6 Å². The van der Waals surface area contributed by atoms with E-state index in [0.29, 0.717) is 5.56 Å². The van der Waals surface area contributed by atoms with E-state index in [-0.39, 0.29) is 21.5 Å². The van der Waals surface area contributed by atoms with Gasteiger partial charge < -0.3 is 4.74 Å². The van der Waals surface area contributed by atoms with Crippen LogP contribution in [0.15, 0.2) is 16.6 Å². The SMILES string of the molecule is CC1CCC(C(Br)c2cc(F)c(Br)cc2F)O1. The Balaban J connectivity index is 2.24. The molecule has 1 saturated heterocycles. The summed E-state index contributed by atoms with van der Waals surface area (Å²) in [7, 11) is 0. The van der Waals surface area contributed by atoms with Crippen LogP contribution in [-0.4, -0.2) is 12.2 Å². The van der Waals surface area contributed by atoms with Crippen LogP contribution in [-0.2, 0) is 4.74 Å². The summed E-state index contributed by atoms with van der Waals surface area (Å²) in [6.45, 7) is 1.98. The Labute approximate surface area is 116 Å². The van der Waals surface area contributed by atoms with Gasteiger partial charge in [0.2, 0.25) is 0 Å². The largest absolute Gasteiger partial charge is 0.374 e. The van der Waals surface area contributed by atoms with Gasteiger partial charge in [0.25, 0.3) is 0 Å². The van der Waals surface area contributed by atoms with Crippen molar-refractivity contribution in [1.29, 1.82) is 0 Å². The zero-order valence-corrected chi connectivity index (χ0v) is 12.4. The Morgan fingerprint density at radius 1 is 1.29 bits per heavy atom. The van der Waals surface area contributed by atoms with Gasteiger partial charge in [-0.15, -0.1) is 0 Å². The zero-order valence-electron chi connectivity index (χ0n) is 9.22. The molecule has 0 amide bonds. The van der Waals surface area contributed by atoms with Crippen LogP contribution < -0.4 is 0 Å². The molecule has 0 aliphatic carbocycles. The summed E-state index contributed by atoms with van der Waals surface area (Å²) >= 11 is 6.36. The predicted molar refractivity (Wildman–Crippen MR) is 69.3 cm³/mol. The Morgan fingerprint density at radius 2 is 2.00 bits per heavy atom. The summed E-state index contributed by atoms with van der Waals surface area (Å²) in [6.07, 6.45) is 1.89. The van der Waals surface area contributed by atoms with E-state index >= 15 is 0 Å². The molecule has 94 valence electrons. The van der Waals surface area contributed by atoms with Gasteiger partial charge in [-0.05, 0) is 47.8 Å². The van der Waals surface area contributed by atoms with Gasteiger partial charge >= 0.3 is 0 Å². The Morgan fingerprint density at radius 3 is 2.59 bits per heavy atom. The molecule has 1 aromatic rings. The topological polar surface area (TPSA) is 9.23 Å². The Kier molecular flexibility index (Phi) is 4.21. The number of halogens is 4. The first-order chi connectivity index (χ1) is 7.99. The van der Waals surface area contributed by atoms with Gasteiger partial charge in [-0.25, -0.2) is 8.78 Å². The van der Waals surface area contributed by atoms with Crippen LogP contribution in [0.1, 0.15) is 30.2 Å². The third kappa shape index (κ3) is 2.88. The lowest BCUT2D eigenvalue weighted by Gasteiger charge is -2.19. The lowest BCUT2D eigenvalue weighted by Crippen LogP contribution is -2.15. The van der Waals surface area contributed by atoms with Crippen molar-refractivity contribution < 1.29 is 13.5 Å². The molecule has 0 aromatic heterocycles. The fourth-order valence-electron chi connectivity index (χ4n) is 2.00. The fourth-order valence-corrected chi connectivity index (χ4v) is 3.05. The highest BCUT2D eigenvalue weighted by Gasteiger charge is 2.31. The maximum absolute atomic E-state index is 13.7. The molecule has 1 aliphatic rings. The van der Waals surface area contributed by atoms with E-state index in [1.807, 2.05) is 6.92 Å². The van der Waals surface area contributed by atoms with Crippen LogP contribution in [0.25, 0.3) is 0 Å². The molecule has 0 bridgehead atoms. The Hall–Kier alpha value is -0.0000000000000000763. The summed E-state index contributed by atoms with van der Waals surface area (Å²) in [5, 5.41) is 0. The van der Waals surface area contributed by atoms with Crippen molar-refractivity contribution >= 4 is 31.9 Å². The molecule has 0 radical (unpaired) electrons. The van der Waals surface area contributed by atoms with Gasteiger partial charge in [-0.2, -0.15) is 0 Å². The highest BCUT2D eigenvalue weighted by Crippen LogP contribution is 2.38. The normalized spacial score (nSPS) is 26.2. The van der Waals surface area contributed by atoms with Crippen LogP contribution in [0.3, 0.4) is 0 Å². The third-order valence-electron chi connectivity index (χ3n) is 2.93. The van der Waals surface area contributed by atoms with Crippen molar-refractivity contribution in [2.75, 3.05) is 0 Å². The molecule has 1 aliphatic heterocycles. The minimum atomic E-state index is -0.461. The molecule has 2 rings (SSSR count). The molecular formula is C12H12Br2F2O. The van der Waals surface area contributed by atoms with E-state index in [4.69, 9.17) is 4.74 Å². The molecule has 1 heterocycles. The maximum atomic E-state index is 13.7. The first kappa shape index (κ1) is 13.4. The van der Waals surface area contributed by atoms with Crippen LogP contribution in [0, 0.1) is 11.6 Å². The van der Waals surface area contributed by atoms with Crippen LogP contribution in [0.5, 0.6) is 0 Å². The van der Waals surface area contributed by atoms with Crippen LogP contribution in [0.2, 0.25) is 0 Å². The van der Waals surface area contributed by atoms with Gasteiger partial charge in [0.15, 0.2) is 0 Å². The highest BCUT2D eigenvalue weighted by atomic mass is 79.9. The Bertz CT molecular complexity index is 425. The molecule has 0 spiro atoms. The monoisotopic (exact) mass is 368 g/mol. The average Bonchev–Trinajstić information content (AvgIpc) is 2.69. The number of rotatable bonds is 2.